The van der Waals surface area contributed by atoms with Gasteiger partial charge in [0.15, 0.2) is 0 Å². The fourth-order valence-corrected chi connectivity index (χ4v) is 1.74. The number of hydrogen-bond acceptors (Lipinski definition) is 3. The van der Waals surface area contributed by atoms with E-state index in [0.29, 0.717) is 11.4 Å². The van der Waals surface area contributed by atoms with Gasteiger partial charge in [-0.2, -0.15) is 0 Å². The molecule has 2 aromatic carbocycles. The van der Waals surface area contributed by atoms with Crippen LogP contribution >= 0.6 is 0 Å². The Morgan fingerprint density at radius 1 is 1.11 bits per heavy atom. The molecule has 2 aromatic rings. The summed E-state index contributed by atoms with van der Waals surface area (Å²) in [4.78, 5) is 0. The van der Waals surface area contributed by atoms with Crippen molar-refractivity contribution < 1.29 is 13.9 Å². The molecule has 0 amide bonds. The van der Waals surface area contributed by atoms with Gasteiger partial charge in [0.25, 0.3) is 0 Å². The van der Waals surface area contributed by atoms with Crippen LogP contribution in [0.25, 0.3) is 0 Å². The zero-order valence-electron chi connectivity index (χ0n) is 10.9. The van der Waals surface area contributed by atoms with Gasteiger partial charge in [0, 0.05) is 6.07 Å². The van der Waals surface area contributed by atoms with Crippen LogP contribution in [0.3, 0.4) is 0 Å². The summed E-state index contributed by atoms with van der Waals surface area (Å²) in [6.45, 7) is 1.88. The highest BCUT2D eigenvalue weighted by molar-refractivity contribution is 5.52. The second kappa shape index (κ2) is 5.61. The lowest BCUT2D eigenvalue weighted by Crippen LogP contribution is -2.05. The van der Waals surface area contributed by atoms with E-state index in [2.05, 4.69) is 0 Å². The molecule has 19 heavy (non-hydrogen) atoms. The summed E-state index contributed by atoms with van der Waals surface area (Å²) in [7, 11) is 1.61. The highest BCUT2D eigenvalue weighted by Crippen LogP contribution is 2.28. The van der Waals surface area contributed by atoms with Gasteiger partial charge in [-0.25, -0.2) is 4.39 Å². The molecule has 0 heterocycles. The lowest BCUT2D eigenvalue weighted by molar-refractivity contribution is 0.227. The Bertz CT molecular complexity index is 555. The number of ether oxygens (including phenoxy) is 2. The summed E-state index contributed by atoms with van der Waals surface area (Å²) in [5, 5.41) is 0. The van der Waals surface area contributed by atoms with E-state index in [0.717, 1.165) is 11.3 Å². The van der Waals surface area contributed by atoms with Crippen LogP contribution in [0.4, 0.5) is 10.1 Å². The molecule has 1 atom stereocenters. The first-order valence-corrected chi connectivity index (χ1v) is 5.96. The van der Waals surface area contributed by atoms with Crippen LogP contribution < -0.4 is 15.2 Å². The topological polar surface area (TPSA) is 44.5 Å². The fourth-order valence-electron chi connectivity index (χ4n) is 1.74. The predicted molar refractivity (Wildman–Crippen MR) is 72.8 cm³/mol. The van der Waals surface area contributed by atoms with Crippen molar-refractivity contribution in [1.29, 1.82) is 0 Å². The number of halogens is 1. The number of hydrogen-bond donors (Lipinski definition) is 1. The van der Waals surface area contributed by atoms with E-state index in [9.17, 15) is 4.39 Å². The van der Waals surface area contributed by atoms with Crippen LogP contribution in [-0.2, 0) is 0 Å². The molecule has 0 fully saturated rings. The maximum Gasteiger partial charge on any atom is 0.146 e. The van der Waals surface area contributed by atoms with Gasteiger partial charge in [-0.15, -0.1) is 0 Å². The lowest BCUT2D eigenvalue weighted by Gasteiger charge is -2.16. The third-order valence-electron chi connectivity index (χ3n) is 2.86. The Hall–Kier alpha value is -2.23. The van der Waals surface area contributed by atoms with Crippen molar-refractivity contribution in [3.05, 3.63) is 53.8 Å². The standard InChI is InChI=1S/C15H16FNO2/c1-10(11-3-6-13(18-2)7-4-11)19-15-9-12(16)5-8-14(15)17/h3-10H,17H2,1-2H3. The Kier molecular flexibility index (Phi) is 3.90. The van der Waals surface area contributed by atoms with Crippen molar-refractivity contribution in [2.24, 2.45) is 0 Å². The van der Waals surface area contributed by atoms with Gasteiger partial charge >= 0.3 is 0 Å². The molecule has 0 saturated carbocycles. The average molecular weight is 261 g/mol. The van der Waals surface area contributed by atoms with Crippen LogP contribution in [-0.4, -0.2) is 7.11 Å². The van der Waals surface area contributed by atoms with Crippen LogP contribution in [0.5, 0.6) is 11.5 Å². The van der Waals surface area contributed by atoms with Gasteiger partial charge < -0.3 is 15.2 Å². The second-order valence-corrected chi connectivity index (χ2v) is 4.22. The van der Waals surface area contributed by atoms with E-state index >= 15 is 0 Å². The first-order chi connectivity index (χ1) is 9.10. The van der Waals surface area contributed by atoms with Gasteiger partial charge in [0.2, 0.25) is 0 Å². The van der Waals surface area contributed by atoms with Crippen molar-refractivity contribution >= 4 is 5.69 Å². The maximum atomic E-state index is 13.1. The Morgan fingerprint density at radius 2 is 1.79 bits per heavy atom. The van der Waals surface area contributed by atoms with Crippen molar-refractivity contribution in [2.75, 3.05) is 12.8 Å². The summed E-state index contributed by atoms with van der Waals surface area (Å²) >= 11 is 0. The molecule has 0 saturated heterocycles. The molecule has 3 nitrogen and oxygen atoms in total. The third-order valence-corrected chi connectivity index (χ3v) is 2.86. The molecule has 2 rings (SSSR count). The van der Waals surface area contributed by atoms with Gasteiger partial charge in [-0.1, -0.05) is 12.1 Å². The van der Waals surface area contributed by atoms with Gasteiger partial charge in [0.05, 0.1) is 12.8 Å². The molecule has 0 aliphatic carbocycles. The molecule has 0 aliphatic rings. The minimum Gasteiger partial charge on any atom is -0.497 e. The smallest absolute Gasteiger partial charge is 0.146 e. The summed E-state index contributed by atoms with van der Waals surface area (Å²) in [6, 6.07) is 11.6. The summed E-state index contributed by atoms with van der Waals surface area (Å²) < 4.78 is 23.9. The molecule has 0 bridgehead atoms. The monoisotopic (exact) mass is 261 g/mol. The third kappa shape index (κ3) is 3.16. The molecule has 4 heteroatoms. The van der Waals surface area contributed by atoms with Crippen molar-refractivity contribution in [2.45, 2.75) is 13.0 Å². The summed E-state index contributed by atoms with van der Waals surface area (Å²) in [5.41, 5.74) is 7.13. The van der Waals surface area contributed by atoms with E-state index in [1.54, 1.807) is 7.11 Å². The number of nitrogens with two attached hydrogens (primary N) is 1. The Morgan fingerprint density at radius 3 is 2.42 bits per heavy atom. The van der Waals surface area contributed by atoms with Crippen LogP contribution in [0.2, 0.25) is 0 Å². The molecule has 1 unspecified atom stereocenters. The largest absolute Gasteiger partial charge is 0.497 e. The van der Waals surface area contributed by atoms with E-state index in [1.807, 2.05) is 31.2 Å². The Balaban J connectivity index is 2.15. The van der Waals surface area contributed by atoms with E-state index in [1.165, 1.54) is 18.2 Å². The van der Waals surface area contributed by atoms with Crippen LogP contribution in [0.1, 0.15) is 18.6 Å². The average Bonchev–Trinajstić information content (AvgIpc) is 2.43. The molecular formula is C15H16FNO2. The first kappa shape index (κ1) is 13.2. The van der Waals surface area contributed by atoms with Crippen molar-refractivity contribution in [1.82, 2.24) is 0 Å². The SMILES string of the molecule is COc1ccc(C(C)Oc2cc(F)ccc2N)cc1. The normalized spacial score (nSPS) is 11.9. The maximum absolute atomic E-state index is 13.1. The van der Waals surface area contributed by atoms with Crippen molar-refractivity contribution in [3.8, 4) is 11.5 Å². The van der Waals surface area contributed by atoms with E-state index in [4.69, 9.17) is 15.2 Å². The van der Waals surface area contributed by atoms with E-state index in [-0.39, 0.29) is 11.9 Å². The minimum atomic E-state index is -0.369. The predicted octanol–water partition coefficient (Wildman–Crippen LogP) is 3.56. The quantitative estimate of drug-likeness (QED) is 0.856. The number of nitrogen functional groups attached to an aromatic ring is 1. The second-order valence-electron chi connectivity index (χ2n) is 4.22. The molecule has 100 valence electrons. The molecule has 2 N–H and O–H groups in total. The number of benzene rings is 2. The number of anilines is 1. The lowest BCUT2D eigenvalue weighted by atomic mass is 10.1. The molecule has 0 radical (unpaired) electrons. The summed E-state index contributed by atoms with van der Waals surface area (Å²) in [6.07, 6.45) is -0.227. The molecular weight excluding hydrogens is 245 g/mol. The van der Waals surface area contributed by atoms with Gasteiger partial charge in [-0.3, -0.25) is 0 Å². The fraction of sp³-hybridized carbons (Fsp3) is 0.200. The zero-order chi connectivity index (χ0) is 13.8. The number of methoxy groups -OCH3 is 1. The van der Waals surface area contributed by atoms with Crippen LogP contribution in [0, 0.1) is 5.82 Å². The van der Waals surface area contributed by atoms with Crippen LogP contribution in [0.15, 0.2) is 42.5 Å². The van der Waals surface area contributed by atoms with Crippen molar-refractivity contribution in [3.63, 3.8) is 0 Å². The zero-order valence-corrected chi connectivity index (χ0v) is 10.9. The highest BCUT2D eigenvalue weighted by atomic mass is 19.1. The minimum absolute atomic E-state index is 0.227. The number of rotatable bonds is 4. The van der Waals surface area contributed by atoms with Gasteiger partial charge in [-0.05, 0) is 36.8 Å². The van der Waals surface area contributed by atoms with Gasteiger partial charge in [0.1, 0.15) is 23.4 Å². The highest BCUT2D eigenvalue weighted by Gasteiger charge is 2.10. The van der Waals surface area contributed by atoms with E-state index < -0.39 is 0 Å². The molecule has 0 aliphatic heterocycles. The first-order valence-electron chi connectivity index (χ1n) is 5.96. The molecule has 0 aromatic heterocycles. The Labute approximate surface area is 111 Å². The summed E-state index contributed by atoms with van der Waals surface area (Å²) in [5.74, 6) is 0.760. The molecule has 0 spiro atoms.